The van der Waals surface area contributed by atoms with E-state index in [4.69, 9.17) is 15.2 Å². The monoisotopic (exact) mass is 306 g/mol. The van der Waals surface area contributed by atoms with Crippen molar-refractivity contribution in [3.05, 3.63) is 39.8 Å². The van der Waals surface area contributed by atoms with E-state index in [0.717, 1.165) is 16.3 Å². The van der Waals surface area contributed by atoms with Crippen LogP contribution in [0.2, 0.25) is 0 Å². The van der Waals surface area contributed by atoms with Gasteiger partial charge in [0.1, 0.15) is 6.61 Å². The summed E-state index contributed by atoms with van der Waals surface area (Å²) >= 11 is 1.67. The number of methoxy groups -OCH3 is 1. The van der Waals surface area contributed by atoms with Crippen molar-refractivity contribution < 1.29 is 9.47 Å². The van der Waals surface area contributed by atoms with Gasteiger partial charge >= 0.3 is 0 Å². The van der Waals surface area contributed by atoms with E-state index in [9.17, 15) is 0 Å². The standard InChI is InChI=1S/C16H22N2O2S/c1-10(2)16-18-13(9-21-16)8-20-14-6-5-12(11(3)17)7-15(14)19-4/h5-7,9-11H,8,17H2,1-4H3. The topological polar surface area (TPSA) is 57.4 Å². The molecule has 0 fully saturated rings. The van der Waals surface area contributed by atoms with Gasteiger partial charge in [-0.3, -0.25) is 0 Å². The van der Waals surface area contributed by atoms with Crippen molar-refractivity contribution in [2.75, 3.05) is 7.11 Å². The molecule has 2 aromatic rings. The SMILES string of the molecule is COc1cc(C(C)N)ccc1OCc1csc(C(C)C)n1. The molecule has 2 rings (SSSR count). The van der Waals surface area contributed by atoms with E-state index >= 15 is 0 Å². The Bertz CT molecular complexity index is 594. The van der Waals surface area contributed by atoms with Crippen LogP contribution in [0.3, 0.4) is 0 Å². The van der Waals surface area contributed by atoms with Crippen LogP contribution in [0, 0.1) is 0 Å². The molecule has 0 saturated heterocycles. The number of nitrogens with zero attached hydrogens (tertiary/aromatic N) is 1. The number of hydrogen-bond donors (Lipinski definition) is 1. The molecule has 0 radical (unpaired) electrons. The van der Waals surface area contributed by atoms with Crippen LogP contribution in [0.15, 0.2) is 23.6 Å². The minimum Gasteiger partial charge on any atom is -0.493 e. The second-order valence-corrected chi connectivity index (χ2v) is 6.21. The lowest BCUT2D eigenvalue weighted by atomic mass is 10.1. The van der Waals surface area contributed by atoms with E-state index in [2.05, 4.69) is 18.8 Å². The van der Waals surface area contributed by atoms with Crippen molar-refractivity contribution in [1.82, 2.24) is 4.98 Å². The number of aromatic nitrogens is 1. The molecular formula is C16H22N2O2S. The highest BCUT2D eigenvalue weighted by Gasteiger charge is 2.10. The van der Waals surface area contributed by atoms with Crippen molar-refractivity contribution >= 4 is 11.3 Å². The molecule has 0 aliphatic heterocycles. The summed E-state index contributed by atoms with van der Waals surface area (Å²) in [4.78, 5) is 4.56. The summed E-state index contributed by atoms with van der Waals surface area (Å²) in [5.41, 5.74) is 7.85. The Morgan fingerprint density at radius 2 is 2.00 bits per heavy atom. The van der Waals surface area contributed by atoms with Gasteiger partial charge in [0.15, 0.2) is 11.5 Å². The van der Waals surface area contributed by atoms with Gasteiger partial charge in [-0.25, -0.2) is 4.98 Å². The first-order valence-corrected chi connectivity index (χ1v) is 7.89. The summed E-state index contributed by atoms with van der Waals surface area (Å²) in [6.45, 7) is 6.66. The molecule has 0 aliphatic carbocycles. The quantitative estimate of drug-likeness (QED) is 0.880. The third kappa shape index (κ3) is 3.95. The van der Waals surface area contributed by atoms with E-state index in [1.54, 1.807) is 18.4 Å². The van der Waals surface area contributed by atoms with Crippen molar-refractivity contribution in [3.8, 4) is 11.5 Å². The molecule has 1 aromatic carbocycles. The van der Waals surface area contributed by atoms with Gasteiger partial charge in [0, 0.05) is 17.3 Å². The summed E-state index contributed by atoms with van der Waals surface area (Å²) in [6, 6.07) is 5.75. The highest BCUT2D eigenvalue weighted by molar-refractivity contribution is 7.09. The maximum Gasteiger partial charge on any atom is 0.161 e. The molecule has 0 aliphatic rings. The van der Waals surface area contributed by atoms with Crippen LogP contribution in [0.25, 0.3) is 0 Å². The lowest BCUT2D eigenvalue weighted by Crippen LogP contribution is -2.06. The third-order valence-electron chi connectivity index (χ3n) is 3.15. The lowest BCUT2D eigenvalue weighted by molar-refractivity contribution is 0.281. The first kappa shape index (κ1) is 15.8. The van der Waals surface area contributed by atoms with Gasteiger partial charge in [-0.1, -0.05) is 19.9 Å². The fourth-order valence-electron chi connectivity index (χ4n) is 1.89. The average molecular weight is 306 g/mol. The highest BCUT2D eigenvalue weighted by Crippen LogP contribution is 2.30. The molecule has 1 atom stereocenters. The zero-order valence-electron chi connectivity index (χ0n) is 12.9. The molecule has 5 heteroatoms. The molecule has 4 nitrogen and oxygen atoms in total. The minimum atomic E-state index is -0.0277. The Morgan fingerprint density at radius 3 is 2.57 bits per heavy atom. The molecule has 0 saturated carbocycles. The van der Waals surface area contributed by atoms with Gasteiger partial charge in [-0.05, 0) is 24.6 Å². The Labute approximate surface area is 129 Å². The Balaban J connectivity index is 2.08. The zero-order valence-corrected chi connectivity index (χ0v) is 13.7. The normalized spacial score (nSPS) is 12.5. The van der Waals surface area contributed by atoms with E-state index in [1.807, 2.05) is 30.5 Å². The lowest BCUT2D eigenvalue weighted by Gasteiger charge is -2.13. The predicted molar refractivity (Wildman–Crippen MR) is 86.1 cm³/mol. The summed E-state index contributed by atoms with van der Waals surface area (Å²) in [6.07, 6.45) is 0. The van der Waals surface area contributed by atoms with Crippen LogP contribution in [-0.4, -0.2) is 12.1 Å². The number of thiazole rings is 1. The van der Waals surface area contributed by atoms with Gasteiger partial charge in [-0.2, -0.15) is 0 Å². The maximum atomic E-state index is 5.88. The summed E-state index contributed by atoms with van der Waals surface area (Å²) in [5, 5.41) is 3.17. The van der Waals surface area contributed by atoms with Crippen molar-refractivity contribution in [2.24, 2.45) is 5.73 Å². The number of nitrogens with two attached hydrogens (primary N) is 1. The molecular weight excluding hydrogens is 284 g/mol. The first-order chi connectivity index (χ1) is 10.0. The fraction of sp³-hybridized carbons (Fsp3) is 0.438. The van der Waals surface area contributed by atoms with Crippen molar-refractivity contribution in [1.29, 1.82) is 0 Å². The summed E-state index contributed by atoms with van der Waals surface area (Å²) < 4.78 is 11.2. The summed E-state index contributed by atoms with van der Waals surface area (Å²) in [5.74, 6) is 1.86. The van der Waals surface area contributed by atoms with Crippen LogP contribution in [-0.2, 0) is 6.61 Å². The van der Waals surface area contributed by atoms with Crippen LogP contribution in [0.4, 0.5) is 0 Å². The fourth-order valence-corrected chi connectivity index (χ4v) is 2.71. The van der Waals surface area contributed by atoms with Crippen LogP contribution in [0.5, 0.6) is 11.5 Å². The van der Waals surface area contributed by atoms with E-state index < -0.39 is 0 Å². The van der Waals surface area contributed by atoms with Gasteiger partial charge in [-0.15, -0.1) is 11.3 Å². The van der Waals surface area contributed by atoms with Crippen LogP contribution >= 0.6 is 11.3 Å². The number of rotatable bonds is 6. The number of ether oxygens (including phenoxy) is 2. The smallest absolute Gasteiger partial charge is 0.161 e. The van der Waals surface area contributed by atoms with Crippen LogP contribution in [0.1, 0.15) is 49.0 Å². The van der Waals surface area contributed by atoms with Crippen molar-refractivity contribution in [3.63, 3.8) is 0 Å². The maximum absolute atomic E-state index is 5.88. The van der Waals surface area contributed by atoms with Gasteiger partial charge in [0.05, 0.1) is 17.8 Å². The number of hydrogen-bond acceptors (Lipinski definition) is 5. The number of benzene rings is 1. The van der Waals surface area contributed by atoms with E-state index in [1.165, 1.54) is 0 Å². The average Bonchev–Trinajstić information content (AvgIpc) is 2.93. The molecule has 21 heavy (non-hydrogen) atoms. The Kier molecular flexibility index (Phi) is 5.20. The van der Waals surface area contributed by atoms with Crippen molar-refractivity contribution in [2.45, 2.75) is 39.3 Å². The third-order valence-corrected chi connectivity index (χ3v) is 4.35. The molecule has 0 bridgehead atoms. The molecule has 1 aromatic heterocycles. The molecule has 2 N–H and O–H groups in total. The van der Waals surface area contributed by atoms with Crippen LogP contribution < -0.4 is 15.2 Å². The molecule has 1 unspecified atom stereocenters. The Hall–Kier alpha value is -1.59. The molecule has 0 spiro atoms. The minimum absolute atomic E-state index is 0.0277. The Morgan fingerprint density at radius 1 is 1.24 bits per heavy atom. The molecule has 0 amide bonds. The predicted octanol–water partition coefficient (Wildman–Crippen LogP) is 3.87. The second-order valence-electron chi connectivity index (χ2n) is 5.32. The zero-order chi connectivity index (χ0) is 15.4. The van der Waals surface area contributed by atoms with E-state index in [0.29, 0.717) is 24.0 Å². The van der Waals surface area contributed by atoms with Gasteiger partial charge < -0.3 is 15.2 Å². The molecule has 114 valence electrons. The van der Waals surface area contributed by atoms with Gasteiger partial charge in [0.25, 0.3) is 0 Å². The largest absolute Gasteiger partial charge is 0.493 e. The summed E-state index contributed by atoms with van der Waals surface area (Å²) in [7, 11) is 1.63. The first-order valence-electron chi connectivity index (χ1n) is 7.02. The highest BCUT2D eigenvalue weighted by atomic mass is 32.1. The van der Waals surface area contributed by atoms with E-state index in [-0.39, 0.29) is 6.04 Å². The second kappa shape index (κ2) is 6.91. The molecule has 1 heterocycles. The van der Waals surface area contributed by atoms with Gasteiger partial charge in [0.2, 0.25) is 0 Å².